The van der Waals surface area contributed by atoms with Gasteiger partial charge in [-0.15, -0.1) is 0 Å². The Morgan fingerprint density at radius 2 is 2.21 bits per heavy atom. The summed E-state index contributed by atoms with van der Waals surface area (Å²) in [6.07, 6.45) is 13.6. The van der Waals surface area contributed by atoms with Crippen molar-refractivity contribution in [2.45, 2.75) is 44.2 Å². The molecular weight excluding hydrogens is 483 g/mol. The summed E-state index contributed by atoms with van der Waals surface area (Å²) >= 11 is 0. The van der Waals surface area contributed by atoms with Gasteiger partial charge in [0.2, 0.25) is 0 Å². The lowest BCUT2D eigenvalue weighted by molar-refractivity contribution is 0.0935. The molecule has 4 heterocycles. The smallest absolute Gasteiger partial charge is 0.251 e. The van der Waals surface area contributed by atoms with E-state index < -0.39 is 11.4 Å². The number of carbonyl (C=O) groups is 1. The van der Waals surface area contributed by atoms with Crippen molar-refractivity contribution >= 4 is 22.6 Å². The number of amides is 1. The van der Waals surface area contributed by atoms with Gasteiger partial charge in [0, 0.05) is 47.7 Å². The SMILES string of the molecule is C[C@@H](NC(=O)c1ccc(N2C=CCC(CC#N)(n3cc(-c4ncnc5[nH]ccc45)cn3)C2)c(F)c1)C1CC1. The minimum Gasteiger partial charge on any atom is -0.349 e. The number of anilines is 1. The van der Waals surface area contributed by atoms with Gasteiger partial charge in [0.15, 0.2) is 0 Å². The Morgan fingerprint density at radius 1 is 1.34 bits per heavy atom. The van der Waals surface area contributed by atoms with Crippen molar-refractivity contribution in [3.8, 4) is 17.3 Å². The lowest BCUT2D eigenvalue weighted by Gasteiger charge is -2.39. The molecule has 0 radical (unpaired) electrons. The molecule has 1 aromatic carbocycles. The number of rotatable bonds is 7. The number of nitrogens with one attached hydrogen (secondary N) is 2. The molecule has 1 aliphatic heterocycles. The second-order valence-corrected chi connectivity index (χ2v) is 10.2. The van der Waals surface area contributed by atoms with Crippen LogP contribution in [0.2, 0.25) is 0 Å². The highest BCUT2D eigenvalue weighted by atomic mass is 19.1. The molecule has 1 aliphatic carbocycles. The van der Waals surface area contributed by atoms with Crippen molar-refractivity contribution in [3.63, 3.8) is 0 Å². The monoisotopic (exact) mass is 510 g/mol. The summed E-state index contributed by atoms with van der Waals surface area (Å²) in [5.74, 6) is -0.250. The third-order valence-electron chi connectivity index (χ3n) is 7.56. The molecule has 2 atom stereocenters. The minimum absolute atomic E-state index is 0.0801. The van der Waals surface area contributed by atoms with Gasteiger partial charge in [0.05, 0.1) is 35.6 Å². The van der Waals surface area contributed by atoms with Crippen LogP contribution in [0.4, 0.5) is 10.1 Å². The quantitative estimate of drug-likeness (QED) is 0.378. The molecule has 6 rings (SSSR count). The second-order valence-electron chi connectivity index (χ2n) is 10.2. The molecule has 192 valence electrons. The van der Waals surface area contributed by atoms with Crippen LogP contribution in [0, 0.1) is 23.1 Å². The first-order valence-electron chi connectivity index (χ1n) is 12.7. The number of nitrogens with zero attached hydrogens (tertiary/aromatic N) is 6. The minimum atomic E-state index is -0.714. The zero-order valence-electron chi connectivity index (χ0n) is 20.9. The van der Waals surface area contributed by atoms with Gasteiger partial charge in [-0.05, 0) is 56.4 Å². The highest BCUT2D eigenvalue weighted by Gasteiger charge is 2.37. The Kier molecular flexibility index (Phi) is 5.91. The van der Waals surface area contributed by atoms with E-state index in [2.05, 4.69) is 31.4 Å². The van der Waals surface area contributed by atoms with Crippen LogP contribution >= 0.6 is 0 Å². The molecule has 0 bridgehead atoms. The summed E-state index contributed by atoms with van der Waals surface area (Å²) in [5.41, 5.74) is 2.20. The maximum Gasteiger partial charge on any atom is 0.251 e. The number of hydrogen-bond acceptors (Lipinski definition) is 6. The van der Waals surface area contributed by atoms with Gasteiger partial charge < -0.3 is 15.2 Å². The lowest BCUT2D eigenvalue weighted by atomic mass is 9.88. The van der Waals surface area contributed by atoms with Crippen molar-refractivity contribution < 1.29 is 9.18 Å². The van der Waals surface area contributed by atoms with E-state index in [0.29, 0.717) is 30.1 Å². The van der Waals surface area contributed by atoms with Crippen molar-refractivity contribution in [1.29, 1.82) is 5.26 Å². The molecule has 2 N–H and O–H groups in total. The average Bonchev–Trinajstić information content (AvgIpc) is 3.45. The first kappa shape index (κ1) is 23.9. The van der Waals surface area contributed by atoms with Crippen LogP contribution in [0.3, 0.4) is 0 Å². The van der Waals surface area contributed by atoms with Crippen LogP contribution in [-0.2, 0) is 5.54 Å². The van der Waals surface area contributed by atoms with Crippen LogP contribution in [0.5, 0.6) is 0 Å². The Labute approximate surface area is 219 Å². The first-order chi connectivity index (χ1) is 18.5. The predicted octanol–water partition coefficient (Wildman–Crippen LogP) is 4.52. The van der Waals surface area contributed by atoms with Gasteiger partial charge >= 0.3 is 0 Å². The van der Waals surface area contributed by atoms with Crippen LogP contribution in [-0.4, -0.2) is 43.2 Å². The standard InChI is InChI=1S/C28H27FN8O/c1-18(19-3-4-19)35-27(38)20-5-6-24(23(29)13-20)36-12-2-8-28(16-36,9-10-30)37-15-21(14-34-37)25-22-7-11-31-26(22)33-17-32-25/h2,5-7,11-15,17-19H,3-4,8-9,16H2,1H3,(H,35,38)(H,31,32,33)/t18-,28?/m1/s1. The van der Waals surface area contributed by atoms with Crippen molar-refractivity contribution in [2.24, 2.45) is 5.92 Å². The van der Waals surface area contributed by atoms with E-state index in [9.17, 15) is 10.1 Å². The molecule has 1 saturated carbocycles. The highest BCUT2D eigenvalue weighted by Crippen LogP contribution is 2.36. The number of hydrogen-bond donors (Lipinski definition) is 2. The second kappa shape index (κ2) is 9.41. The average molecular weight is 511 g/mol. The van der Waals surface area contributed by atoms with Crippen LogP contribution in [0.15, 0.2) is 61.5 Å². The fraction of sp³-hybridized carbons (Fsp3) is 0.321. The topological polar surface area (TPSA) is 116 Å². The first-order valence-corrected chi connectivity index (χ1v) is 12.7. The third kappa shape index (κ3) is 4.30. The number of allylic oxidation sites excluding steroid dienone is 1. The largest absolute Gasteiger partial charge is 0.349 e. The molecule has 1 unspecified atom stereocenters. The zero-order valence-corrected chi connectivity index (χ0v) is 20.9. The Hall–Kier alpha value is -4.52. The van der Waals surface area contributed by atoms with E-state index in [1.54, 1.807) is 27.9 Å². The van der Waals surface area contributed by atoms with Gasteiger partial charge in [-0.3, -0.25) is 9.48 Å². The Bertz CT molecular complexity index is 1580. The third-order valence-corrected chi connectivity index (χ3v) is 7.56. The molecule has 1 fully saturated rings. The van der Waals surface area contributed by atoms with Crippen molar-refractivity contribution in [2.75, 3.05) is 11.4 Å². The summed E-state index contributed by atoms with van der Waals surface area (Å²) in [5, 5.41) is 18.2. The molecule has 1 amide bonds. The number of aromatic amines is 1. The highest BCUT2D eigenvalue weighted by molar-refractivity contribution is 5.95. The number of nitriles is 1. The molecular formula is C28H27FN8O. The Balaban J connectivity index is 1.27. The molecule has 0 saturated heterocycles. The maximum absolute atomic E-state index is 15.3. The molecule has 2 aliphatic rings. The molecule has 9 nitrogen and oxygen atoms in total. The number of halogens is 1. The number of aromatic nitrogens is 5. The van der Waals surface area contributed by atoms with Gasteiger partial charge in [-0.25, -0.2) is 14.4 Å². The fourth-order valence-electron chi connectivity index (χ4n) is 5.21. The summed E-state index contributed by atoms with van der Waals surface area (Å²) in [7, 11) is 0. The van der Waals surface area contributed by atoms with E-state index in [1.807, 2.05) is 37.7 Å². The zero-order chi connectivity index (χ0) is 26.3. The van der Waals surface area contributed by atoms with Crippen LogP contribution in [0.1, 0.15) is 43.0 Å². The molecule has 38 heavy (non-hydrogen) atoms. The number of H-pyrrole nitrogens is 1. The van der Waals surface area contributed by atoms with Gasteiger partial charge in [-0.1, -0.05) is 6.08 Å². The van der Waals surface area contributed by atoms with Gasteiger partial charge in [0.25, 0.3) is 5.91 Å². The predicted molar refractivity (Wildman–Crippen MR) is 140 cm³/mol. The van der Waals surface area contributed by atoms with E-state index in [0.717, 1.165) is 35.1 Å². The summed E-state index contributed by atoms with van der Waals surface area (Å²) < 4.78 is 17.1. The molecule has 3 aromatic heterocycles. The van der Waals surface area contributed by atoms with Gasteiger partial charge in [0.1, 0.15) is 17.8 Å². The van der Waals surface area contributed by atoms with E-state index in [-0.39, 0.29) is 18.4 Å². The van der Waals surface area contributed by atoms with E-state index in [4.69, 9.17) is 0 Å². The maximum atomic E-state index is 15.3. The summed E-state index contributed by atoms with van der Waals surface area (Å²) in [4.78, 5) is 26.2. The fourth-order valence-corrected chi connectivity index (χ4v) is 5.21. The summed E-state index contributed by atoms with van der Waals surface area (Å²) in [6, 6.07) is 8.84. The van der Waals surface area contributed by atoms with Crippen molar-refractivity contribution in [3.05, 3.63) is 72.8 Å². The summed E-state index contributed by atoms with van der Waals surface area (Å²) in [6.45, 7) is 2.32. The molecule has 0 spiro atoms. The van der Waals surface area contributed by atoms with Crippen LogP contribution < -0.4 is 10.2 Å². The number of carbonyl (C=O) groups excluding carboxylic acids is 1. The van der Waals surface area contributed by atoms with Crippen molar-refractivity contribution in [1.82, 2.24) is 30.0 Å². The number of fused-ring (bicyclic) bond motifs is 1. The van der Waals surface area contributed by atoms with E-state index >= 15 is 4.39 Å². The molecule has 4 aromatic rings. The molecule has 10 heteroatoms. The van der Waals surface area contributed by atoms with E-state index in [1.165, 1.54) is 12.4 Å². The Morgan fingerprint density at radius 3 is 3.00 bits per heavy atom. The number of benzene rings is 1. The normalized spacial score (nSPS) is 19.9. The lowest BCUT2D eigenvalue weighted by Crippen LogP contribution is -2.46. The van der Waals surface area contributed by atoms with Gasteiger partial charge in [-0.2, -0.15) is 10.4 Å². The van der Waals surface area contributed by atoms with Crippen LogP contribution in [0.25, 0.3) is 22.3 Å².